The second kappa shape index (κ2) is 14.8. The molecule has 0 spiro atoms. The van der Waals surface area contributed by atoms with E-state index in [9.17, 15) is 0 Å². The number of benzene rings is 4. The normalized spacial score (nSPS) is 12.8. The molecule has 214 valence electrons. The van der Waals surface area contributed by atoms with E-state index in [4.69, 9.17) is 9.98 Å². The molecule has 0 bridgehead atoms. The van der Waals surface area contributed by atoms with Gasteiger partial charge in [-0.3, -0.25) is 9.98 Å². The van der Waals surface area contributed by atoms with Gasteiger partial charge in [0.2, 0.25) is 0 Å². The van der Waals surface area contributed by atoms with Crippen molar-refractivity contribution in [1.82, 2.24) is 0 Å². The maximum absolute atomic E-state index is 5.06. The highest BCUT2D eigenvalue weighted by Crippen LogP contribution is 2.20. The van der Waals surface area contributed by atoms with Crippen molar-refractivity contribution in [2.75, 3.05) is 10.6 Å². The van der Waals surface area contributed by atoms with Crippen LogP contribution in [0.25, 0.3) is 0 Å². The van der Waals surface area contributed by atoms with Crippen LogP contribution in [0.5, 0.6) is 0 Å². The van der Waals surface area contributed by atoms with Gasteiger partial charge in [0, 0.05) is 34.2 Å². The fourth-order valence-corrected chi connectivity index (χ4v) is 4.46. The van der Waals surface area contributed by atoms with Crippen LogP contribution in [0, 0.1) is 27.7 Å². The molecule has 4 rings (SSSR count). The molecule has 42 heavy (non-hydrogen) atoms. The molecule has 0 amide bonds. The van der Waals surface area contributed by atoms with E-state index in [0.717, 1.165) is 58.4 Å². The number of aliphatic imine (C=N–C) groups is 2. The second-order valence-corrected chi connectivity index (χ2v) is 11.0. The number of aryl methyl sites for hydroxylation is 4. The lowest BCUT2D eigenvalue weighted by Crippen LogP contribution is -2.06. The smallest absolute Gasteiger partial charge is 0.0633 e. The molecule has 0 unspecified atom stereocenters. The van der Waals surface area contributed by atoms with E-state index >= 15 is 0 Å². The molecule has 4 nitrogen and oxygen atoms in total. The molecule has 0 saturated carbocycles. The lowest BCUT2D eigenvalue weighted by atomic mass is 10.1. The molecule has 4 aromatic rings. The van der Waals surface area contributed by atoms with Crippen LogP contribution in [0.2, 0.25) is 0 Å². The summed E-state index contributed by atoms with van der Waals surface area (Å²) < 4.78 is 0. The van der Waals surface area contributed by atoms with Gasteiger partial charge < -0.3 is 10.6 Å². The zero-order valence-electron chi connectivity index (χ0n) is 25.7. The summed E-state index contributed by atoms with van der Waals surface area (Å²) in [5.41, 5.74) is 13.0. The largest absolute Gasteiger partial charge is 0.359 e. The Bertz CT molecular complexity index is 1570. The summed E-state index contributed by atoms with van der Waals surface area (Å²) in [7, 11) is 0. The number of rotatable bonds is 11. The van der Waals surface area contributed by atoms with E-state index in [0.29, 0.717) is 0 Å². The zero-order chi connectivity index (χ0) is 29.9. The van der Waals surface area contributed by atoms with Gasteiger partial charge in [0.05, 0.1) is 11.4 Å². The molecule has 0 aromatic heterocycles. The molecule has 2 N–H and O–H groups in total. The van der Waals surface area contributed by atoms with E-state index in [-0.39, 0.29) is 0 Å². The monoisotopic (exact) mass is 554 g/mol. The summed E-state index contributed by atoms with van der Waals surface area (Å²) in [6.07, 6.45) is 5.82. The van der Waals surface area contributed by atoms with Crippen LogP contribution < -0.4 is 10.6 Å². The lowest BCUT2D eigenvalue weighted by molar-refractivity contribution is 1.02. The van der Waals surface area contributed by atoms with Crippen LogP contribution in [0.3, 0.4) is 0 Å². The highest BCUT2D eigenvalue weighted by Gasteiger charge is 2.06. The molecule has 0 aliphatic heterocycles. The molecule has 0 atom stereocenters. The van der Waals surface area contributed by atoms with Gasteiger partial charge in [0.25, 0.3) is 0 Å². The molecule has 0 fully saturated rings. The van der Waals surface area contributed by atoms with Crippen LogP contribution in [0.4, 0.5) is 22.7 Å². The van der Waals surface area contributed by atoms with Crippen molar-refractivity contribution < 1.29 is 0 Å². The first-order chi connectivity index (χ1) is 20.2. The molecule has 4 heteroatoms. The van der Waals surface area contributed by atoms with Crippen molar-refractivity contribution in [2.24, 2.45) is 9.98 Å². The average Bonchev–Trinajstić information content (AvgIpc) is 2.96. The third kappa shape index (κ3) is 10.0. The highest BCUT2D eigenvalue weighted by molar-refractivity contribution is 5.98. The third-order valence-electron chi connectivity index (χ3n) is 6.81. The van der Waals surface area contributed by atoms with E-state index in [1.54, 1.807) is 0 Å². The summed E-state index contributed by atoms with van der Waals surface area (Å²) in [5, 5.41) is 7.17. The molecule has 0 aliphatic rings. The number of hydrogen-bond acceptors (Lipinski definition) is 4. The first kappa shape index (κ1) is 30.3. The van der Waals surface area contributed by atoms with Crippen molar-refractivity contribution >= 4 is 34.2 Å². The minimum absolute atomic E-state index is 0.753. The topological polar surface area (TPSA) is 48.8 Å². The number of anilines is 2. The van der Waals surface area contributed by atoms with Crippen molar-refractivity contribution in [3.05, 3.63) is 143 Å². The Morgan fingerprint density at radius 1 is 0.524 bits per heavy atom. The fourth-order valence-electron chi connectivity index (χ4n) is 4.46. The summed E-state index contributed by atoms with van der Waals surface area (Å²) in [4.78, 5) is 9.90. The predicted molar refractivity (Wildman–Crippen MR) is 183 cm³/mol. The first-order valence-electron chi connectivity index (χ1n) is 14.5. The van der Waals surface area contributed by atoms with Crippen molar-refractivity contribution in [1.29, 1.82) is 0 Å². The van der Waals surface area contributed by atoms with Crippen molar-refractivity contribution in [2.45, 2.75) is 54.4 Å². The maximum Gasteiger partial charge on any atom is 0.0633 e. The van der Waals surface area contributed by atoms with Crippen LogP contribution in [-0.4, -0.2) is 11.4 Å². The number of hydrogen-bond donors (Lipinski definition) is 2. The van der Waals surface area contributed by atoms with Gasteiger partial charge in [-0.25, -0.2) is 0 Å². The Morgan fingerprint density at radius 2 is 0.952 bits per heavy atom. The fraction of sp³-hybridized carbons (Fsp3) is 0.211. The third-order valence-corrected chi connectivity index (χ3v) is 6.81. The second-order valence-electron chi connectivity index (χ2n) is 11.0. The molecular weight excluding hydrogens is 512 g/mol. The number of nitrogens with one attached hydrogen (secondary N) is 2. The Labute approximate surface area is 251 Å². The highest BCUT2D eigenvalue weighted by atomic mass is 14.9. The van der Waals surface area contributed by atoms with Gasteiger partial charge in [0.15, 0.2) is 0 Å². The van der Waals surface area contributed by atoms with Crippen LogP contribution in [0.1, 0.15) is 48.9 Å². The Morgan fingerprint density at radius 3 is 1.45 bits per heavy atom. The summed E-state index contributed by atoms with van der Waals surface area (Å²) in [6, 6.07) is 33.6. The lowest BCUT2D eigenvalue weighted by Gasteiger charge is -2.13. The Hall–Kier alpha value is -4.70. The zero-order valence-corrected chi connectivity index (χ0v) is 25.7. The minimum atomic E-state index is 0.753. The molecular formula is C38H42N4. The Balaban J connectivity index is 1.61. The van der Waals surface area contributed by atoms with Crippen LogP contribution >= 0.6 is 0 Å². The van der Waals surface area contributed by atoms with Crippen molar-refractivity contribution in [3.8, 4) is 0 Å². The van der Waals surface area contributed by atoms with Crippen LogP contribution in [-0.2, 0) is 0 Å². The molecule has 0 saturated heterocycles. The van der Waals surface area contributed by atoms with E-state index in [1.165, 1.54) is 22.3 Å². The van der Waals surface area contributed by atoms with E-state index in [2.05, 4.69) is 154 Å². The van der Waals surface area contributed by atoms with Gasteiger partial charge in [-0.05, 0) is 115 Å². The van der Waals surface area contributed by atoms with Gasteiger partial charge in [-0.15, -0.1) is 0 Å². The van der Waals surface area contributed by atoms with Gasteiger partial charge in [-0.2, -0.15) is 0 Å². The molecule has 0 heterocycles. The first-order valence-corrected chi connectivity index (χ1v) is 14.5. The van der Waals surface area contributed by atoms with E-state index < -0.39 is 0 Å². The standard InChI is InChI=1S/C38H42N4/c1-27-7-15-33(16-8-27)39-31(5)25-37(41-35-19-11-29(3)12-20-35)23-24-38(42-36-21-13-30(4)14-22-36)26-32(6)40-34-17-9-28(2)10-18-34/h7-22,25-26,39,42H,23-24H2,1-6H3. The van der Waals surface area contributed by atoms with Crippen molar-refractivity contribution in [3.63, 3.8) is 0 Å². The molecule has 4 aromatic carbocycles. The molecule has 0 radical (unpaired) electrons. The van der Waals surface area contributed by atoms with Gasteiger partial charge in [0.1, 0.15) is 0 Å². The number of allylic oxidation sites excluding steroid dienone is 4. The quantitative estimate of drug-likeness (QED) is 0.181. The summed E-state index contributed by atoms with van der Waals surface area (Å²) in [6.45, 7) is 12.5. The molecule has 0 aliphatic carbocycles. The summed E-state index contributed by atoms with van der Waals surface area (Å²) in [5.74, 6) is 0. The average molecular weight is 555 g/mol. The maximum atomic E-state index is 5.06. The SMILES string of the molecule is CC(=CC(CCC(=CC(C)=Nc1ccc(C)cc1)Nc1ccc(C)cc1)=Nc1ccc(C)cc1)Nc1ccc(C)cc1. The van der Waals surface area contributed by atoms with Crippen LogP contribution in [0.15, 0.2) is 131 Å². The Kier molecular flexibility index (Phi) is 10.7. The summed E-state index contributed by atoms with van der Waals surface area (Å²) >= 11 is 0. The number of nitrogens with zero attached hydrogens (tertiary/aromatic N) is 2. The minimum Gasteiger partial charge on any atom is -0.359 e. The van der Waals surface area contributed by atoms with E-state index in [1.807, 2.05) is 6.92 Å². The predicted octanol–water partition coefficient (Wildman–Crippen LogP) is 10.6. The van der Waals surface area contributed by atoms with Gasteiger partial charge in [-0.1, -0.05) is 70.8 Å². The van der Waals surface area contributed by atoms with Gasteiger partial charge >= 0.3 is 0 Å².